The Labute approximate surface area is 100 Å². The van der Waals surface area contributed by atoms with Gasteiger partial charge in [-0.2, -0.15) is 0 Å². The molecule has 1 rings (SSSR count). The molecule has 1 N–H and O–H groups in total. The van der Waals surface area contributed by atoms with E-state index in [0.717, 1.165) is 0 Å². The molecular formula is C10H16ClNO4. The molecule has 1 aromatic heterocycles. The van der Waals surface area contributed by atoms with Gasteiger partial charge in [0.05, 0.1) is 18.9 Å². The molecule has 0 aliphatic carbocycles. The Morgan fingerprint density at radius 2 is 1.88 bits per heavy atom. The molecule has 0 unspecified atom stereocenters. The molecule has 0 spiro atoms. The highest BCUT2D eigenvalue weighted by molar-refractivity contribution is 5.85. The third-order valence-electron chi connectivity index (χ3n) is 2.21. The zero-order valence-electron chi connectivity index (χ0n) is 9.52. The molecular weight excluding hydrogens is 234 g/mol. The highest BCUT2D eigenvalue weighted by Crippen LogP contribution is 2.14. The Bertz CT molecular complexity index is 403. The third-order valence-corrected chi connectivity index (χ3v) is 2.21. The monoisotopic (exact) mass is 249 g/mol. The van der Waals surface area contributed by atoms with E-state index >= 15 is 0 Å². The Morgan fingerprint density at radius 3 is 2.38 bits per heavy atom. The smallest absolute Gasteiger partial charge is 0.223 e. The van der Waals surface area contributed by atoms with Crippen molar-refractivity contribution in [2.45, 2.75) is 13.2 Å². The minimum Gasteiger partial charge on any atom is -0.503 e. The van der Waals surface area contributed by atoms with Crippen LogP contribution in [0.5, 0.6) is 5.75 Å². The topological polar surface area (TPSA) is 60.7 Å². The van der Waals surface area contributed by atoms with Gasteiger partial charge < -0.3 is 19.1 Å². The van der Waals surface area contributed by atoms with Gasteiger partial charge in [0, 0.05) is 33.0 Å². The number of aromatic nitrogens is 1. The fourth-order valence-corrected chi connectivity index (χ4v) is 1.38. The van der Waals surface area contributed by atoms with Crippen molar-refractivity contribution in [3.63, 3.8) is 0 Å². The number of methoxy groups -OCH3 is 2. The van der Waals surface area contributed by atoms with Gasteiger partial charge in [-0.15, -0.1) is 12.4 Å². The molecule has 0 aromatic carbocycles. The number of nitrogens with zero attached hydrogens (tertiary/aromatic N) is 1. The van der Waals surface area contributed by atoms with Crippen LogP contribution in [0.4, 0.5) is 0 Å². The summed E-state index contributed by atoms with van der Waals surface area (Å²) < 4.78 is 11.6. The maximum atomic E-state index is 11.4. The van der Waals surface area contributed by atoms with Crippen molar-refractivity contribution >= 4 is 12.4 Å². The van der Waals surface area contributed by atoms with Crippen molar-refractivity contribution in [2.75, 3.05) is 14.2 Å². The lowest BCUT2D eigenvalue weighted by atomic mass is 10.2. The summed E-state index contributed by atoms with van der Waals surface area (Å²) in [5.74, 6) is -0.265. The number of pyridine rings is 1. The standard InChI is InChI=1S/C10H15NO4.ClH/c1-11-7(5-14-2)4-9(12)10(13)8(11)6-15-3;/h4,13H,5-6H2,1-3H3;1H. The molecule has 0 aliphatic rings. The van der Waals surface area contributed by atoms with E-state index in [-0.39, 0.29) is 24.8 Å². The summed E-state index contributed by atoms with van der Waals surface area (Å²) in [5.41, 5.74) is 0.747. The molecule has 0 atom stereocenters. The fraction of sp³-hybridized carbons (Fsp3) is 0.500. The van der Waals surface area contributed by atoms with Gasteiger partial charge in [0.15, 0.2) is 5.75 Å². The average molecular weight is 250 g/mol. The van der Waals surface area contributed by atoms with Gasteiger partial charge in [0.1, 0.15) is 0 Å². The van der Waals surface area contributed by atoms with Crippen molar-refractivity contribution < 1.29 is 14.6 Å². The molecule has 0 aliphatic heterocycles. The van der Waals surface area contributed by atoms with E-state index in [1.165, 1.54) is 13.2 Å². The van der Waals surface area contributed by atoms with Crippen LogP contribution in [0.25, 0.3) is 0 Å². The first-order valence-corrected chi connectivity index (χ1v) is 4.50. The quantitative estimate of drug-likeness (QED) is 0.858. The summed E-state index contributed by atoms with van der Waals surface area (Å²) in [4.78, 5) is 11.4. The lowest BCUT2D eigenvalue weighted by Gasteiger charge is -2.14. The van der Waals surface area contributed by atoms with E-state index in [0.29, 0.717) is 18.0 Å². The summed E-state index contributed by atoms with van der Waals surface area (Å²) in [6.45, 7) is 0.512. The van der Waals surface area contributed by atoms with Gasteiger partial charge in [-0.1, -0.05) is 0 Å². The summed E-state index contributed by atoms with van der Waals surface area (Å²) in [5, 5.41) is 9.55. The highest BCUT2D eigenvalue weighted by Gasteiger charge is 2.11. The molecule has 1 heterocycles. The van der Waals surface area contributed by atoms with E-state index in [9.17, 15) is 9.90 Å². The number of rotatable bonds is 4. The number of hydrogen-bond acceptors (Lipinski definition) is 4. The van der Waals surface area contributed by atoms with Gasteiger partial charge in [-0.25, -0.2) is 0 Å². The Morgan fingerprint density at radius 1 is 1.31 bits per heavy atom. The second-order valence-corrected chi connectivity index (χ2v) is 3.22. The fourth-order valence-electron chi connectivity index (χ4n) is 1.38. The summed E-state index contributed by atoms with van der Waals surface area (Å²) in [6.07, 6.45) is 0. The normalized spacial score (nSPS) is 9.94. The Hall–Kier alpha value is -1.04. The molecule has 92 valence electrons. The van der Waals surface area contributed by atoms with Crippen molar-refractivity contribution in [1.29, 1.82) is 0 Å². The minimum absolute atomic E-state index is 0. The molecule has 0 saturated heterocycles. The van der Waals surface area contributed by atoms with E-state index < -0.39 is 5.43 Å². The van der Waals surface area contributed by atoms with Gasteiger partial charge in [0.25, 0.3) is 0 Å². The van der Waals surface area contributed by atoms with Crippen LogP contribution in [-0.4, -0.2) is 23.9 Å². The summed E-state index contributed by atoms with van der Waals surface area (Å²) in [6, 6.07) is 1.36. The van der Waals surface area contributed by atoms with Crippen LogP contribution in [0.2, 0.25) is 0 Å². The Balaban J connectivity index is 0.00000225. The number of ether oxygens (including phenoxy) is 2. The van der Waals surface area contributed by atoms with Crippen molar-refractivity contribution in [2.24, 2.45) is 7.05 Å². The lowest BCUT2D eigenvalue weighted by molar-refractivity contribution is 0.164. The lowest BCUT2D eigenvalue weighted by Crippen LogP contribution is -2.16. The van der Waals surface area contributed by atoms with Crippen LogP contribution >= 0.6 is 12.4 Å². The summed E-state index contributed by atoms with van der Waals surface area (Å²) >= 11 is 0. The average Bonchev–Trinajstić information content (AvgIpc) is 2.21. The number of hydrogen-bond donors (Lipinski definition) is 1. The van der Waals surface area contributed by atoms with Crippen molar-refractivity contribution in [3.05, 3.63) is 27.7 Å². The molecule has 16 heavy (non-hydrogen) atoms. The van der Waals surface area contributed by atoms with Gasteiger partial charge in [0.2, 0.25) is 5.43 Å². The van der Waals surface area contributed by atoms with Gasteiger partial charge >= 0.3 is 0 Å². The number of aromatic hydroxyl groups is 1. The molecule has 0 bridgehead atoms. The zero-order chi connectivity index (χ0) is 11.4. The van der Waals surface area contributed by atoms with E-state index in [2.05, 4.69) is 0 Å². The molecule has 0 saturated carbocycles. The van der Waals surface area contributed by atoms with E-state index in [4.69, 9.17) is 9.47 Å². The molecule has 0 amide bonds. The maximum absolute atomic E-state index is 11.4. The molecule has 6 heteroatoms. The second-order valence-electron chi connectivity index (χ2n) is 3.22. The minimum atomic E-state index is -0.410. The zero-order valence-corrected chi connectivity index (χ0v) is 10.3. The predicted octanol–water partition coefficient (Wildman–Crippen LogP) is 0.805. The molecule has 0 fully saturated rings. The first-order chi connectivity index (χ1) is 7.11. The van der Waals surface area contributed by atoms with Crippen LogP contribution in [0.15, 0.2) is 10.9 Å². The predicted molar refractivity (Wildman–Crippen MR) is 62.0 cm³/mol. The van der Waals surface area contributed by atoms with Crippen LogP contribution in [-0.2, 0) is 29.7 Å². The van der Waals surface area contributed by atoms with E-state index in [1.54, 1.807) is 18.7 Å². The van der Waals surface area contributed by atoms with Crippen molar-refractivity contribution in [1.82, 2.24) is 4.57 Å². The summed E-state index contributed by atoms with van der Waals surface area (Å²) in [7, 11) is 4.81. The van der Waals surface area contributed by atoms with Crippen LogP contribution in [0, 0.1) is 0 Å². The third kappa shape index (κ3) is 2.98. The van der Waals surface area contributed by atoms with Crippen molar-refractivity contribution in [3.8, 4) is 5.75 Å². The molecule has 1 aromatic rings. The van der Waals surface area contributed by atoms with Gasteiger partial charge in [-0.3, -0.25) is 4.79 Å². The van der Waals surface area contributed by atoms with Gasteiger partial charge in [-0.05, 0) is 0 Å². The van der Waals surface area contributed by atoms with Crippen LogP contribution in [0.3, 0.4) is 0 Å². The van der Waals surface area contributed by atoms with Crippen LogP contribution in [0.1, 0.15) is 11.4 Å². The molecule has 5 nitrogen and oxygen atoms in total. The number of halogens is 1. The van der Waals surface area contributed by atoms with E-state index in [1.807, 2.05) is 0 Å². The SMILES string of the molecule is COCc1cc(=O)c(O)c(COC)n1C.Cl. The first kappa shape index (κ1) is 15.0. The second kappa shape index (κ2) is 6.52. The maximum Gasteiger partial charge on any atom is 0.223 e. The van der Waals surface area contributed by atoms with Crippen LogP contribution < -0.4 is 5.43 Å². The molecule has 0 radical (unpaired) electrons. The highest BCUT2D eigenvalue weighted by atomic mass is 35.5. The largest absolute Gasteiger partial charge is 0.503 e. The Kier molecular flexibility index (Phi) is 6.10. The first-order valence-electron chi connectivity index (χ1n) is 4.50.